The molecule has 0 bridgehead atoms. The second kappa shape index (κ2) is 6.78. The molecule has 1 saturated carbocycles. The lowest BCUT2D eigenvalue weighted by Crippen LogP contribution is -2.40. The van der Waals surface area contributed by atoms with Gasteiger partial charge in [0.2, 0.25) is 0 Å². The van der Waals surface area contributed by atoms with E-state index in [1.165, 1.54) is 19.3 Å². The minimum absolute atomic E-state index is 0.349. The summed E-state index contributed by atoms with van der Waals surface area (Å²) in [5.41, 5.74) is 0.414. The lowest BCUT2D eigenvalue weighted by atomic mass is 9.79. The second-order valence-corrected chi connectivity index (χ2v) is 6.14. The van der Waals surface area contributed by atoms with Crippen LogP contribution in [0.25, 0.3) is 0 Å². The topological polar surface area (TPSA) is 38.3 Å². The van der Waals surface area contributed by atoms with Crippen molar-refractivity contribution < 1.29 is 9.53 Å². The molecule has 0 aromatic heterocycles. The van der Waals surface area contributed by atoms with Crippen molar-refractivity contribution in [1.82, 2.24) is 5.32 Å². The van der Waals surface area contributed by atoms with Gasteiger partial charge >= 0.3 is 6.09 Å². The monoisotopic (exact) mass is 275 g/mol. The number of carbonyl (C=O) groups excluding carboxylic acids is 1. The first-order valence-corrected chi connectivity index (χ1v) is 7.61. The number of hydrogen-bond donors (Lipinski definition) is 1. The number of nitrogens with one attached hydrogen (secondary N) is 1. The highest BCUT2D eigenvalue weighted by molar-refractivity contribution is 5.70. The zero-order valence-electron chi connectivity index (χ0n) is 12.5. The average Bonchev–Trinajstić information content (AvgIpc) is 2.67. The van der Waals surface area contributed by atoms with Crippen LogP contribution in [-0.2, 0) is 4.74 Å². The summed E-state index contributed by atoms with van der Waals surface area (Å²) in [7, 11) is 0. The first-order valence-electron chi connectivity index (χ1n) is 7.61. The van der Waals surface area contributed by atoms with Crippen molar-refractivity contribution in [2.75, 3.05) is 0 Å². The Bertz CT molecular complexity index is 426. The lowest BCUT2D eigenvalue weighted by Gasteiger charge is -2.36. The fraction of sp³-hybridized carbons (Fsp3) is 0.588. The van der Waals surface area contributed by atoms with E-state index in [-0.39, 0.29) is 6.09 Å². The van der Waals surface area contributed by atoms with Gasteiger partial charge in [-0.3, -0.25) is 5.32 Å². The Kier molecular flexibility index (Phi) is 5.05. The van der Waals surface area contributed by atoms with Gasteiger partial charge in [-0.1, -0.05) is 43.6 Å². The largest absolute Gasteiger partial charge is 0.443 e. The molecule has 0 aromatic rings. The van der Waals surface area contributed by atoms with E-state index < -0.39 is 5.60 Å². The molecule has 0 aromatic carbocycles. The Morgan fingerprint density at radius 1 is 1.25 bits per heavy atom. The van der Waals surface area contributed by atoms with Gasteiger partial charge in [0.05, 0.1) is 0 Å². The molecule has 2 aliphatic rings. The molecule has 2 rings (SSSR count). The summed E-state index contributed by atoms with van der Waals surface area (Å²) >= 11 is 0. The summed E-state index contributed by atoms with van der Waals surface area (Å²) in [5.74, 6) is 0.474. The summed E-state index contributed by atoms with van der Waals surface area (Å²) < 4.78 is 5.68. The van der Waals surface area contributed by atoms with Gasteiger partial charge in [0.25, 0.3) is 0 Å². The molecule has 0 aliphatic heterocycles. The van der Waals surface area contributed by atoms with E-state index in [0.717, 1.165) is 25.0 Å². The zero-order valence-corrected chi connectivity index (χ0v) is 12.5. The van der Waals surface area contributed by atoms with Crippen LogP contribution in [-0.4, -0.2) is 11.7 Å². The van der Waals surface area contributed by atoms with Gasteiger partial charge in [0.1, 0.15) is 5.60 Å². The predicted octanol–water partition coefficient (Wildman–Crippen LogP) is 4.47. The molecule has 0 spiro atoms. The maximum absolute atomic E-state index is 12.1. The van der Waals surface area contributed by atoms with Gasteiger partial charge in [0.15, 0.2) is 0 Å². The van der Waals surface area contributed by atoms with Crippen LogP contribution in [0.3, 0.4) is 0 Å². The number of rotatable bonds is 3. The van der Waals surface area contributed by atoms with Crippen molar-refractivity contribution in [2.45, 2.75) is 58.0 Å². The van der Waals surface area contributed by atoms with Crippen LogP contribution in [0.15, 0.2) is 36.1 Å². The van der Waals surface area contributed by atoms with E-state index in [9.17, 15) is 4.79 Å². The van der Waals surface area contributed by atoms with E-state index in [2.05, 4.69) is 5.32 Å². The van der Waals surface area contributed by atoms with Gasteiger partial charge in [-0.2, -0.15) is 0 Å². The summed E-state index contributed by atoms with van der Waals surface area (Å²) in [6.07, 6.45) is 16.4. The molecule has 0 saturated heterocycles. The molecular formula is C17H25NO2. The number of alkyl carbamates (subject to hydrolysis) is 1. The summed E-state index contributed by atoms with van der Waals surface area (Å²) in [4.78, 5) is 12.1. The van der Waals surface area contributed by atoms with Crippen molar-refractivity contribution in [3.05, 3.63) is 36.1 Å². The quantitative estimate of drug-likeness (QED) is 0.825. The maximum Gasteiger partial charge on any atom is 0.412 e. The van der Waals surface area contributed by atoms with Crippen molar-refractivity contribution in [3.8, 4) is 0 Å². The predicted molar refractivity (Wildman–Crippen MR) is 81.3 cm³/mol. The number of allylic oxidation sites excluding steroid dienone is 5. The first-order chi connectivity index (χ1) is 9.58. The van der Waals surface area contributed by atoms with Crippen molar-refractivity contribution in [3.63, 3.8) is 0 Å². The third-order valence-corrected chi connectivity index (χ3v) is 4.19. The lowest BCUT2D eigenvalue weighted by molar-refractivity contribution is -0.0172. The fourth-order valence-electron chi connectivity index (χ4n) is 2.94. The molecule has 1 fully saturated rings. The van der Waals surface area contributed by atoms with Crippen molar-refractivity contribution in [2.24, 2.45) is 5.92 Å². The van der Waals surface area contributed by atoms with E-state index in [0.29, 0.717) is 5.92 Å². The van der Waals surface area contributed by atoms with Gasteiger partial charge in [-0.15, -0.1) is 0 Å². The van der Waals surface area contributed by atoms with Gasteiger partial charge in [-0.25, -0.2) is 4.79 Å². The SMILES string of the molecule is CC(C)(OC(=O)NC1=CCC=CC=C1)C1CCCCC1. The smallest absolute Gasteiger partial charge is 0.412 e. The number of carbonyl (C=O) groups is 1. The highest BCUT2D eigenvalue weighted by Crippen LogP contribution is 2.34. The zero-order chi connectivity index (χ0) is 14.4. The number of ether oxygens (including phenoxy) is 1. The van der Waals surface area contributed by atoms with E-state index in [4.69, 9.17) is 4.74 Å². The Labute approximate surface area is 121 Å². The second-order valence-electron chi connectivity index (χ2n) is 6.14. The Balaban J connectivity index is 1.88. The third-order valence-electron chi connectivity index (χ3n) is 4.19. The molecular weight excluding hydrogens is 250 g/mol. The van der Waals surface area contributed by atoms with E-state index in [1.54, 1.807) is 0 Å². The standard InChI is InChI=1S/C17H25NO2/c1-17(2,14-10-6-5-7-11-14)20-16(19)18-15-12-8-3-4-9-13-15/h3-4,8,12-14H,5-7,9-11H2,1-2H3,(H,18,19). The van der Waals surface area contributed by atoms with Crippen LogP contribution >= 0.6 is 0 Å². The Hall–Kier alpha value is -1.51. The number of amides is 1. The molecule has 0 unspecified atom stereocenters. The summed E-state index contributed by atoms with van der Waals surface area (Å²) in [6.45, 7) is 4.06. The summed E-state index contributed by atoms with van der Waals surface area (Å²) in [6, 6.07) is 0. The minimum atomic E-state index is -0.391. The molecule has 110 valence electrons. The fourth-order valence-corrected chi connectivity index (χ4v) is 2.94. The van der Waals surface area contributed by atoms with Crippen molar-refractivity contribution >= 4 is 6.09 Å². The third kappa shape index (κ3) is 4.26. The molecule has 1 N–H and O–H groups in total. The van der Waals surface area contributed by atoms with E-state index >= 15 is 0 Å². The molecule has 3 heteroatoms. The highest BCUT2D eigenvalue weighted by atomic mass is 16.6. The molecule has 20 heavy (non-hydrogen) atoms. The van der Waals surface area contributed by atoms with E-state index in [1.807, 2.05) is 44.2 Å². The molecule has 3 nitrogen and oxygen atoms in total. The molecule has 0 heterocycles. The summed E-state index contributed by atoms with van der Waals surface area (Å²) in [5, 5.41) is 2.83. The highest BCUT2D eigenvalue weighted by Gasteiger charge is 2.34. The molecule has 0 radical (unpaired) electrons. The molecule has 2 aliphatic carbocycles. The van der Waals surface area contributed by atoms with Gasteiger partial charge in [-0.05, 0) is 45.1 Å². The first kappa shape index (κ1) is 14.9. The van der Waals surface area contributed by atoms with Crippen LogP contribution in [0.1, 0.15) is 52.4 Å². The Morgan fingerprint density at radius 3 is 2.75 bits per heavy atom. The minimum Gasteiger partial charge on any atom is -0.443 e. The van der Waals surface area contributed by atoms with Crippen LogP contribution in [0, 0.1) is 5.92 Å². The van der Waals surface area contributed by atoms with Crippen LogP contribution in [0.4, 0.5) is 4.79 Å². The van der Waals surface area contributed by atoms with Crippen molar-refractivity contribution in [1.29, 1.82) is 0 Å². The molecule has 1 amide bonds. The van der Waals surface area contributed by atoms with Crippen LogP contribution < -0.4 is 5.32 Å². The Morgan fingerprint density at radius 2 is 2.00 bits per heavy atom. The maximum atomic E-state index is 12.1. The van der Waals surface area contributed by atoms with Crippen LogP contribution in [0.5, 0.6) is 0 Å². The average molecular weight is 275 g/mol. The molecule has 0 atom stereocenters. The van der Waals surface area contributed by atoms with Gasteiger partial charge < -0.3 is 4.74 Å². The van der Waals surface area contributed by atoms with Crippen LogP contribution in [0.2, 0.25) is 0 Å². The normalized spacial score (nSPS) is 20.2. The van der Waals surface area contributed by atoms with Gasteiger partial charge in [0, 0.05) is 5.70 Å². The number of hydrogen-bond acceptors (Lipinski definition) is 2.